The number of amides is 1. The van der Waals surface area contributed by atoms with Gasteiger partial charge in [-0.2, -0.15) is 4.98 Å². The molecule has 2 aromatic carbocycles. The Morgan fingerprint density at radius 3 is 2.56 bits per heavy atom. The zero-order valence-corrected chi connectivity index (χ0v) is 19.2. The summed E-state index contributed by atoms with van der Waals surface area (Å²) in [5, 5.41) is 6.71. The van der Waals surface area contributed by atoms with Crippen molar-refractivity contribution in [2.75, 3.05) is 17.6 Å². The molecule has 1 unspecified atom stereocenters. The Hall–Kier alpha value is -3.40. The van der Waals surface area contributed by atoms with Gasteiger partial charge in [0.05, 0.1) is 18.5 Å². The van der Waals surface area contributed by atoms with Gasteiger partial charge in [-0.25, -0.2) is 8.42 Å². The highest BCUT2D eigenvalue weighted by atomic mass is 32.2. The highest BCUT2D eigenvalue weighted by Gasteiger charge is 2.20. The van der Waals surface area contributed by atoms with Gasteiger partial charge in [0, 0.05) is 12.6 Å². The van der Waals surface area contributed by atoms with Crippen LogP contribution in [0.3, 0.4) is 0 Å². The Kier molecular flexibility index (Phi) is 7.14. The Labute approximate surface area is 187 Å². The number of aryl methyl sites for hydroxylation is 1. The smallest absolute Gasteiger partial charge is 0.261 e. The third-order valence-corrected chi connectivity index (χ3v) is 6.00. The van der Waals surface area contributed by atoms with Crippen LogP contribution in [0.1, 0.15) is 24.8 Å². The number of anilines is 1. The lowest BCUT2D eigenvalue weighted by molar-refractivity contribution is -0.128. The number of hydrogen-bond acceptors (Lipinski definition) is 7. The number of benzene rings is 2. The standard InChI is InChI=1S/C22H26N4O5S/c1-5-19(30-18-11-9-17(10-12-18)26(3)32(4,28)29)22(27)23-14-20-24-21(25-31-20)16-8-6-7-15(2)13-16/h6-13,19H,5,14H2,1-4H3,(H,23,27). The van der Waals surface area contributed by atoms with Crippen molar-refractivity contribution >= 4 is 21.6 Å². The number of nitrogens with one attached hydrogen (secondary N) is 1. The van der Waals surface area contributed by atoms with Gasteiger partial charge in [0.25, 0.3) is 5.91 Å². The van der Waals surface area contributed by atoms with Crippen molar-refractivity contribution in [3.63, 3.8) is 0 Å². The summed E-state index contributed by atoms with van der Waals surface area (Å²) in [5.74, 6) is 0.885. The number of sulfonamides is 1. The molecule has 3 aromatic rings. The van der Waals surface area contributed by atoms with Crippen LogP contribution in [0.25, 0.3) is 11.4 Å². The van der Waals surface area contributed by atoms with Gasteiger partial charge < -0.3 is 14.6 Å². The minimum atomic E-state index is -3.35. The number of hydrogen-bond donors (Lipinski definition) is 1. The first-order chi connectivity index (χ1) is 15.2. The van der Waals surface area contributed by atoms with Crippen LogP contribution in [-0.4, -0.2) is 43.9 Å². The van der Waals surface area contributed by atoms with Crippen LogP contribution in [0.4, 0.5) is 5.69 Å². The van der Waals surface area contributed by atoms with Crippen molar-refractivity contribution in [3.05, 3.63) is 60.0 Å². The van der Waals surface area contributed by atoms with Crippen molar-refractivity contribution in [2.24, 2.45) is 0 Å². The van der Waals surface area contributed by atoms with Crippen molar-refractivity contribution in [1.29, 1.82) is 0 Å². The average Bonchev–Trinajstić information content (AvgIpc) is 3.24. The second-order valence-electron chi connectivity index (χ2n) is 7.34. The number of rotatable bonds is 9. The minimum Gasteiger partial charge on any atom is -0.481 e. The maximum atomic E-state index is 12.6. The first kappa shape index (κ1) is 23.3. The summed E-state index contributed by atoms with van der Waals surface area (Å²) in [4.78, 5) is 16.9. The molecule has 1 heterocycles. The predicted molar refractivity (Wildman–Crippen MR) is 121 cm³/mol. The fourth-order valence-electron chi connectivity index (χ4n) is 2.92. The monoisotopic (exact) mass is 458 g/mol. The van der Waals surface area contributed by atoms with Crippen LogP contribution in [0, 0.1) is 6.92 Å². The quantitative estimate of drug-likeness (QED) is 0.524. The van der Waals surface area contributed by atoms with Gasteiger partial charge in [0.15, 0.2) is 6.10 Å². The van der Waals surface area contributed by atoms with E-state index in [-0.39, 0.29) is 18.3 Å². The van der Waals surface area contributed by atoms with Crippen LogP contribution >= 0.6 is 0 Å². The second-order valence-corrected chi connectivity index (χ2v) is 9.35. The maximum absolute atomic E-state index is 12.6. The van der Waals surface area contributed by atoms with Crippen LogP contribution < -0.4 is 14.4 Å². The summed E-state index contributed by atoms with van der Waals surface area (Å²) in [6.07, 6.45) is 0.838. The number of ether oxygens (including phenoxy) is 1. The lowest BCUT2D eigenvalue weighted by Gasteiger charge is -2.19. The van der Waals surface area contributed by atoms with E-state index in [1.165, 1.54) is 7.05 Å². The van der Waals surface area contributed by atoms with Crippen LogP contribution in [0.15, 0.2) is 53.1 Å². The highest BCUT2D eigenvalue weighted by Crippen LogP contribution is 2.22. The number of carbonyl (C=O) groups excluding carboxylic acids is 1. The van der Waals surface area contributed by atoms with Gasteiger partial charge >= 0.3 is 0 Å². The molecule has 1 N–H and O–H groups in total. The first-order valence-electron chi connectivity index (χ1n) is 10.1. The van der Waals surface area contributed by atoms with Gasteiger partial charge in [0.2, 0.25) is 21.7 Å². The number of nitrogens with zero attached hydrogens (tertiary/aromatic N) is 3. The van der Waals surface area contributed by atoms with Crippen molar-refractivity contribution < 1.29 is 22.5 Å². The molecule has 0 aliphatic heterocycles. The normalized spacial score (nSPS) is 12.2. The highest BCUT2D eigenvalue weighted by molar-refractivity contribution is 7.92. The fourth-order valence-corrected chi connectivity index (χ4v) is 3.42. The van der Waals surface area contributed by atoms with E-state index in [0.29, 0.717) is 23.7 Å². The molecular formula is C22H26N4O5S. The van der Waals surface area contributed by atoms with Crippen LogP contribution in [0.2, 0.25) is 0 Å². The van der Waals surface area contributed by atoms with E-state index in [0.717, 1.165) is 21.7 Å². The molecular weight excluding hydrogens is 432 g/mol. The molecule has 0 bridgehead atoms. The lowest BCUT2D eigenvalue weighted by atomic mass is 10.1. The molecule has 10 heteroatoms. The molecule has 0 fully saturated rings. The SMILES string of the molecule is CCC(Oc1ccc(N(C)S(C)(=O)=O)cc1)C(=O)NCc1nc(-c2cccc(C)c2)no1. The topological polar surface area (TPSA) is 115 Å². The van der Waals surface area contributed by atoms with Gasteiger partial charge in [-0.15, -0.1) is 0 Å². The van der Waals surface area contributed by atoms with Crippen molar-refractivity contribution in [1.82, 2.24) is 15.5 Å². The van der Waals surface area contributed by atoms with Gasteiger partial charge in [-0.3, -0.25) is 9.10 Å². The molecule has 1 aromatic heterocycles. The lowest BCUT2D eigenvalue weighted by Crippen LogP contribution is -2.37. The molecule has 0 saturated carbocycles. The van der Waals surface area contributed by atoms with Gasteiger partial charge in [0.1, 0.15) is 5.75 Å². The summed E-state index contributed by atoms with van der Waals surface area (Å²) < 4.78 is 35.5. The van der Waals surface area contributed by atoms with Crippen LogP contribution in [-0.2, 0) is 21.4 Å². The molecule has 32 heavy (non-hydrogen) atoms. The largest absolute Gasteiger partial charge is 0.481 e. The van der Waals surface area contributed by atoms with E-state index in [2.05, 4.69) is 15.5 Å². The molecule has 1 amide bonds. The zero-order valence-electron chi connectivity index (χ0n) is 18.4. The number of aromatic nitrogens is 2. The number of carbonyl (C=O) groups is 1. The third kappa shape index (κ3) is 5.85. The van der Waals surface area contributed by atoms with E-state index in [9.17, 15) is 13.2 Å². The predicted octanol–water partition coefficient (Wildman–Crippen LogP) is 2.91. The third-order valence-electron chi connectivity index (χ3n) is 4.80. The Bertz CT molecular complexity index is 1180. The molecule has 0 radical (unpaired) electrons. The summed E-state index contributed by atoms with van der Waals surface area (Å²) in [5.41, 5.74) is 2.42. The van der Waals surface area contributed by atoms with Crippen LogP contribution in [0.5, 0.6) is 5.75 Å². The van der Waals surface area contributed by atoms with Gasteiger partial charge in [-0.1, -0.05) is 35.8 Å². The van der Waals surface area contributed by atoms with E-state index < -0.39 is 16.1 Å². The van der Waals surface area contributed by atoms with E-state index in [1.54, 1.807) is 24.3 Å². The molecule has 170 valence electrons. The average molecular weight is 459 g/mol. The zero-order chi connectivity index (χ0) is 23.3. The summed E-state index contributed by atoms with van der Waals surface area (Å²) in [7, 11) is -1.89. The van der Waals surface area contributed by atoms with E-state index in [1.807, 2.05) is 38.1 Å². The molecule has 3 rings (SSSR count). The second kappa shape index (κ2) is 9.82. The molecule has 0 aliphatic rings. The summed E-state index contributed by atoms with van der Waals surface area (Å²) in [6.45, 7) is 3.89. The molecule has 0 aliphatic carbocycles. The van der Waals surface area contributed by atoms with E-state index in [4.69, 9.17) is 9.26 Å². The van der Waals surface area contributed by atoms with E-state index >= 15 is 0 Å². The molecule has 0 saturated heterocycles. The Morgan fingerprint density at radius 2 is 1.94 bits per heavy atom. The summed E-state index contributed by atoms with van der Waals surface area (Å²) >= 11 is 0. The Balaban J connectivity index is 1.58. The minimum absolute atomic E-state index is 0.0790. The maximum Gasteiger partial charge on any atom is 0.261 e. The molecule has 0 spiro atoms. The fraction of sp³-hybridized carbons (Fsp3) is 0.318. The molecule has 9 nitrogen and oxygen atoms in total. The molecule has 1 atom stereocenters. The van der Waals surface area contributed by atoms with Gasteiger partial charge in [-0.05, 0) is 43.7 Å². The summed E-state index contributed by atoms with van der Waals surface area (Å²) in [6, 6.07) is 14.2. The first-order valence-corrected chi connectivity index (χ1v) is 11.9. The Morgan fingerprint density at radius 1 is 1.22 bits per heavy atom. The van der Waals surface area contributed by atoms with Crippen molar-refractivity contribution in [3.8, 4) is 17.1 Å². The van der Waals surface area contributed by atoms with Crippen molar-refractivity contribution in [2.45, 2.75) is 32.9 Å².